The van der Waals surface area contributed by atoms with Gasteiger partial charge in [0, 0.05) is 17.7 Å². The van der Waals surface area contributed by atoms with Crippen molar-refractivity contribution in [3.8, 4) is 11.5 Å². The van der Waals surface area contributed by atoms with E-state index in [2.05, 4.69) is 13.8 Å². The minimum absolute atomic E-state index is 0.0652. The fourth-order valence-corrected chi connectivity index (χ4v) is 1.95. The van der Waals surface area contributed by atoms with Crippen LogP contribution in [-0.2, 0) is 0 Å². The number of benzene rings is 1. The van der Waals surface area contributed by atoms with E-state index in [0.29, 0.717) is 24.0 Å². The molecule has 1 atom stereocenters. The summed E-state index contributed by atoms with van der Waals surface area (Å²) in [6, 6.07) is 3.66. The van der Waals surface area contributed by atoms with Crippen LogP contribution < -0.4 is 15.2 Å². The minimum atomic E-state index is -0.0652. The molecule has 0 radical (unpaired) electrons. The molecule has 1 aromatic rings. The Morgan fingerprint density at radius 2 is 1.63 bits per heavy atom. The molecule has 2 N–H and O–H groups in total. The summed E-state index contributed by atoms with van der Waals surface area (Å²) in [5.41, 5.74) is 7.06. The van der Waals surface area contributed by atoms with Crippen LogP contribution in [0.1, 0.15) is 51.6 Å². The van der Waals surface area contributed by atoms with E-state index in [1.54, 1.807) is 0 Å². The summed E-state index contributed by atoms with van der Waals surface area (Å²) in [4.78, 5) is 0. The highest BCUT2D eigenvalue weighted by Gasteiger charge is 2.15. The molecule has 1 rings (SSSR count). The minimum Gasteiger partial charge on any atom is -0.493 e. The van der Waals surface area contributed by atoms with Crippen molar-refractivity contribution >= 4 is 11.6 Å². The summed E-state index contributed by atoms with van der Waals surface area (Å²) in [6.07, 6.45) is 2.74. The quantitative estimate of drug-likeness (QED) is 0.773. The molecular formula is C15H24ClNO2. The van der Waals surface area contributed by atoms with Crippen LogP contribution in [0, 0.1) is 0 Å². The summed E-state index contributed by atoms with van der Waals surface area (Å²) >= 11 is 6.24. The molecule has 1 unspecified atom stereocenters. The Morgan fingerprint density at radius 3 is 2.16 bits per heavy atom. The van der Waals surface area contributed by atoms with Gasteiger partial charge in [0.25, 0.3) is 0 Å². The maximum absolute atomic E-state index is 6.24. The highest BCUT2D eigenvalue weighted by molar-refractivity contribution is 6.32. The molecule has 0 aliphatic heterocycles. The molecule has 108 valence electrons. The average molecular weight is 286 g/mol. The van der Waals surface area contributed by atoms with E-state index in [4.69, 9.17) is 26.8 Å². The first-order valence-electron chi connectivity index (χ1n) is 6.98. The van der Waals surface area contributed by atoms with E-state index in [0.717, 1.165) is 30.6 Å². The first-order valence-corrected chi connectivity index (χ1v) is 7.36. The van der Waals surface area contributed by atoms with Gasteiger partial charge in [0.05, 0.1) is 18.2 Å². The maximum Gasteiger partial charge on any atom is 0.141 e. The topological polar surface area (TPSA) is 44.5 Å². The van der Waals surface area contributed by atoms with E-state index >= 15 is 0 Å². The third-order valence-electron chi connectivity index (χ3n) is 2.83. The zero-order chi connectivity index (χ0) is 14.3. The second-order valence-electron chi connectivity index (χ2n) is 4.53. The van der Waals surface area contributed by atoms with Crippen LogP contribution in [0.5, 0.6) is 11.5 Å². The van der Waals surface area contributed by atoms with Gasteiger partial charge < -0.3 is 15.2 Å². The standard InChI is InChI=1S/C15H24ClNO2/c1-4-7-18-14-10-15(19-8-5-2)12(16)9-11(14)13(17)6-3/h9-10,13H,4-8,17H2,1-3H3. The van der Waals surface area contributed by atoms with Crippen molar-refractivity contribution in [1.82, 2.24) is 0 Å². The Balaban J connectivity index is 3.05. The molecule has 3 nitrogen and oxygen atoms in total. The molecule has 0 saturated heterocycles. The Morgan fingerprint density at radius 1 is 1.05 bits per heavy atom. The van der Waals surface area contributed by atoms with Gasteiger partial charge in [-0.15, -0.1) is 0 Å². The lowest BCUT2D eigenvalue weighted by Crippen LogP contribution is -2.12. The van der Waals surface area contributed by atoms with Crippen LogP contribution in [0.15, 0.2) is 12.1 Å². The van der Waals surface area contributed by atoms with Crippen molar-refractivity contribution in [1.29, 1.82) is 0 Å². The SMILES string of the molecule is CCCOc1cc(OCCC)c(C(N)CC)cc1Cl. The van der Waals surface area contributed by atoms with Gasteiger partial charge in [-0.1, -0.05) is 32.4 Å². The van der Waals surface area contributed by atoms with Gasteiger partial charge >= 0.3 is 0 Å². The molecule has 0 aliphatic rings. The number of halogens is 1. The number of hydrogen-bond acceptors (Lipinski definition) is 3. The Bertz CT molecular complexity index is 396. The maximum atomic E-state index is 6.24. The molecule has 0 saturated carbocycles. The van der Waals surface area contributed by atoms with Crippen LogP contribution in [0.3, 0.4) is 0 Å². The highest BCUT2D eigenvalue weighted by atomic mass is 35.5. The summed E-state index contributed by atoms with van der Waals surface area (Å²) in [5, 5.41) is 0.594. The van der Waals surface area contributed by atoms with E-state index in [9.17, 15) is 0 Å². The second kappa shape index (κ2) is 8.28. The van der Waals surface area contributed by atoms with Gasteiger partial charge in [-0.05, 0) is 25.3 Å². The van der Waals surface area contributed by atoms with Gasteiger partial charge in [-0.25, -0.2) is 0 Å². The van der Waals surface area contributed by atoms with Crippen LogP contribution >= 0.6 is 11.6 Å². The zero-order valence-electron chi connectivity index (χ0n) is 12.0. The molecular weight excluding hydrogens is 262 g/mol. The number of ether oxygens (including phenoxy) is 2. The average Bonchev–Trinajstić information content (AvgIpc) is 2.43. The van der Waals surface area contributed by atoms with Crippen LogP contribution in [0.2, 0.25) is 5.02 Å². The van der Waals surface area contributed by atoms with Crippen molar-refractivity contribution in [3.63, 3.8) is 0 Å². The normalized spacial score (nSPS) is 12.3. The number of hydrogen-bond donors (Lipinski definition) is 1. The van der Waals surface area contributed by atoms with Crippen LogP contribution in [-0.4, -0.2) is 13.2 Å². The Kier molecular flexibility index (Phi) is 7.03. The van der Waals surface area contributed by atoms with E-state index in [-0.39, 0.29) is 6.04 Å². The molecule has 4 heteroatoms. The first-order chi connectivity index (χ1) is 9.13. The Labute approximate surface area is 121 Å². The van der Waals surface area contributed by atoms with Crippen molar-refractivity contribution < 1.29 is 9.47 Å². The molecule has 0 spiro atoms. The van der Waals surface area contributed by atoms with Gasteiger partial charge in [-0.3, -0.25) is 0 Å². The number of nitrogens with two attached hydrogens (primary N) is 1. The predicted octanol–water partition coefficient (Wildman–Crippen LogP) is 4.33. The lowest BCUT2D eigenvalue weighted by molar-refractivity contribution is 0.298. The second-order valence-corrected chi connectivity index (χ2v) is 4.94. The van der Waals surface area contributed by atoms with Crippen molar-refractivity contribution in [2.75, 3.05) is 13.2 Å². The monoisotopic (exact) mass is 285 g/mol. The molecule has 0 heterocycles. The summed E-state index contributed by atoms with van der Waals surface area (Å²) < 4.78 is 11.4. The third-order valence-corrected chi connectivity index (χ3v) is 3.12. The summed E-state index contributed by atoms with van der Waals surface area (Å²) in [7, 11) is 0. The van der Waals surface area contributed by atoms with Gasteiger partial charge in [0.15, 0.2) is 0 Å². The van der Waals surface area contributed by atoms with E-state index in [1.807, 2.05) is 19.1 Å². The van der Waals surface area contributed by atoms with Crippen LogP contribution in [0.4, 0.5) is 0 Å². The van der Waals surface area contributed by atoms with Gasteiger partial charge in [0.1, 0.15) is 11.5 Å². The van der Waals surface area contributed by atoms with Crippen molar-refractivity contribution in [2.24, 2.45) is 5.73 Å². The number of rotatable bonds is 8. The van der Waals surface area contributed by atoms with E-state index in [1.165, 1.54) is 0 Å². The largest absolute Gasteiger partial charge is 0.493 e. The molecule has 1 aromatic carbocycles. The van der Waals surface area contributed by atoms with Gasteiger partial charge in [-0.2, -0.15) is 0 Å². The first kappa shape index (κ1) is 16.1. The molecule has 0 amide bonds. The lowest BCUT2D eigenvalue weighted by atomic mass is 10.0. The summed E-state index contributed by atoms with van der Waals surface area (Å²) in [6.45, 7) is 7.49. The van der Waals surface area contributed by atoms with Gasteiger partial charge in [0.2, 0.25) is 0 Å². The molecule has 0 fully saturated rings. The highest BCUT2D eigenvalue weighted by Crippen LogP contribution is 2.36. The fraction of sp³-hybridized carbons (Fsp3) is 0.600. The van der Waals surface area contributed by atoms with E-state index < -0.39 is 0 Å². The molecule has 0 bridgehead atoms. The molecule has 0 aliphatic carbocycles. The Hall–Kier alpha value is -0.930. The zero-order valence-corrected chi connectivity index (χ0v) is 12.8. The van der Waals surface area contributed by atoms with Crippen molar-refractivity contribution in [3.05, 3.63) is 22.7 Å². The predicted molar refractivity (Wildman–Crippen MR) is 80.2 cm³/mol. The molecule has 0 aromatic heterocycles. The smallest absolute Gasteiger partial charge is 0.141 e. The van der Waals surface area contributed by atoms with Crippen LogP contribution in [0.25, 0.3) is 0 Å². The summed E-state index contributed by atoms with van der Waals surface area (Å²) in [5.74, 6) is 1.45. The van der Waals surface area contributed by atoms with Crippen molar-refractivity contribution in [2.45, 2.75) is 46.1 Å². The molecule has 19 heavy (non-hydrogen) atoms. The third kappa shape index (κ3) is 4.59. The fourth-order valence-electron chi connectivity index (χ4n) is 1.72. The lowest BCUT2D eigenvalue weighted by Gasteiger charge is -2.18.